The van der Waals surface area contributed by atoms with Crippen LogP contribution in [0.4, 0.5) is 0 Å². The smallest absolute Gasteiger partial charge is 0.242 e. The number of hydrogen-bond donors (Lipinski definition) is 1. The van der Waals surface area contributed by atoms with E-state index in [-0.39, 0.29) is 5.91 Å². The minimum atomic E-state index is 0.144. The molecular formula is C15H21N5O2S. The first-order chi connectivity index (χ1) is 11.2. The van der Waals surface area contributed by atoms with Gasteiger partial charge in [-0.2, -0.15) is 4.37 Å². The van der Waals surface area contributed by atoms with Crippen molar-refractivity contribution in [1.82, 2.24) is 24.1 Å². The van der Waals surface area contributed by atoms with Crippen molar-refractivity contribution in [1.29, 1.82) is 0 Å². The summed E-state index contributed by atoms with van der Waals surface area (Å²) >= 11 is 1.39. The molecule has 124 valence electrons. The van der Waals surface area contributed by atoms with E-state index in [0.29, 0.717) is 25.0 Å². The molecule has 8 heteroatoms. The number of ether oxygens (including phenoxy) is 1. The van der Waals surface area contributed by atoms with Gasteiger partial charge in [0.2, 0.25) is 11.8 Å². The zero-order chi connectivity index (χ0) is 16.2. The van der Waals surface area contributed by atoms with Gasteiger partial charge in [-0.05, 0) is 24.9 Å². The van der Waals surface area contributed by atoms with Crippen molar-refractivity contribution < 1.29 is 9.53 Å². The predicted molar refractivity (Wildman–Crippen MR) is 87.5 cm³/mol. The third kappa shape index (κ3) is 3.70. The maximum absolute atomic E-state index is 12.4. The number of aromatic nitrogens is 3. The number of aryl methyl sites for hydroxylation is 1. The first-order valence-electron chi connectivity index (χ1n) is 7.63. The van der Waals surface area contributed by atoms with E-state index in [9.17, 15) is 4.79 Å². The van der Waals surface area contributed by atoms with Crippen LogP contribution in [0.1, 0.15) is 17.8 Å². The van der Waals surface area contributed by atoms with Crippen LogP contribution in [0.25, 0.3) is 0 Å². The molecule has 0 bridgehead atoms. The van der Waals surface area contributed by atoms with E-state index in [1.807, 2.05) is 28.0 Å². The van der Waals surface area contributed by atoms with Crippen molar-refractivity contribution in [2.24, 2.45) is 0 Å². The molecule has 1 atom stereocenters. The van der Waals surface area contributed by atoms with Crippen LogP contribution in [-0.4, -0.2) is 51.0 Å². The van der Waals surface area contributed by atoms with Gasteiger partial charge in [-0.3, -0.25) is 4.79 Å². The summed E-state index contributed by atoms with van der Waals surface area (Å²) in [5.41, 5.74) is 1.07. The summed E-state index contributed by atoms with van der Waals surface area (Å²) in [6.07, 6.45) is 4.53. The lowest BCUT2D eigenvalue weighted by atomic mass is 10.2. The van der Waals surface area contributed by atoms with Crippen LogP contribution in [0.2, 0.25) is 0 Å². The standard InChI is InChI=1S/C15H21N5O2S/c1-11-16-4-6-19(11)9-14(21)20-5-3-13(8-20)17-7-12-10-23-18-15(12)22-2/h4,6,10,13,17H,3,5,7-9H2,1-2H3. The lowest BCUT2D eigenvalue weighted by molar-refractivity contribution is -0.130. The van der Waals surface area contributed by atoms with Crippen LogP contribution in [0.3, 0.4) is 0 Å². The van der Waals surface area contributed by atoms with Crippen LogP contribution in [-0.2, 0) is 17.9 Å². The summed E-state index contributed by atoms with van der Waals surface area (Å²) in [5, 5.41) is 5.48. The molecule has 3 rings (SSSR count). The molecule has 2 aromatic rings. The van der Waals surface area contributed by atoms with Crippen molar-refractivity contribution >= 4 is 17.4 Å². The Hall–Kier alpha value is -1.93. The molecule has 1 fully saturated rings. The van der Waals surface area contributed by atoms with Crippen LogP contribution in [0.15, 0.2) is 17.8 Å². The number of nitrogens with zero attached hydrogens (tertiary/aromatic N) is 4. The lowest BCUT2D eigenvalue weighted by Gasteiger charge is -2.18. The molecule has 3 heterocycles. The Labute approximate surface area is 139 Å². The molecule has 1 unspecified atom stereocenters. The van der Waals surface area contributed by atoms with Gasteiger partial charge in [0.1, 0.15) is 12.4 Å². The summed E-state index contributed by atoms with van der Waals surface area (Å²) in [6, 6.07) is 0.312. The molecule has 0 spiro atoms. The number of methoxy groups -OCH3 is 1. The second-order valence-electron chi connectivity index (χ2n) is 5.66. The molecular weight excluding hydrogens is 314 g/mol. The molecule has 0 aromatic carbocycles. The van der Waals surface area contributed by atoms with Crippen molar-refractivity contribution in [2.75, 3.05) is 20.2 Å². The van der Waals surface area contributed by atoms with Gasteiger partial charge < -0.3 is 19.5 Å². The maximum atomic E-state index is 12.4. The first-order valence-corrected chi connectivity index (χ1v) is 8.47. The number of nitrogens with one attached hydrogen (secondary N) is 1. The SMILES string of the molecule is COc1nscc1CNC1CCN(C(=O)Cn2ccnc2C)C1. The monoisotopic (exact) mass is 335 g/mol. The van der Waals surface area contributed by atoms with Crippen LogP contribution >= 0.6 is 11.5 Å². The third-order valence-corrected chi connectivity index (χ3v) is 4.81. The average Bonchev–Trinajstić information content (AvgIpc) is 3.26. The van der Waals surface area contributed by atoms with Gasteiger partial charge in [-0.1, -0.05) is 0 Å². The van der Waals surface area contributed by atoms with Gasteiger partial charge in [0.25, 0.3) is 0 Å². The highest BCUT2D eigenvalue weighted by Gasteiger charge is 2.26. The minimum Gasteiger partial charge on any atom is -0.480 e. The molecule has 0 radical (unpaired) electrons. The fourth-order valence-electron chi connectivity index (χ4n) is 2.76. The van der Waals surface area contributed by atoms with E-state index in [2.05, 4.69) is 14.7 Å². The number of hydrogen-bond acceptors (Lipinski definition) is 6. The molecule has 1 saturated heterocycles. The number of imidazole rings is 1. The van der Waals surface area contributed by atoms with Gasteiger partial charge in [-0.25, -0.2) is 4.98 Å². The summed E-state index contributed by atoms with van der Waals surface area (Å²) < 4.78 is 11.3. The van der Waals surface area contributed by atoms with Crippen LogP contribution < -0.4 is 10.1 Å². The summed E-state index contributed by atoms with van der Waals surface area (Å²) in [5.74, 6) is 1.69. The number of carbonyl (C=O) groups is 1. The average molecular weight is 335 g/mol. The highest BCUT2D eigenvalue weighted by atomic mass is 32.1. The lowest BCUT2D eigenvalue weighted by Crippen LogP contribution is -2.36. The van der Waals surface area contributed by atoms with Gasteiger partial charge in [0, 0.05) is 49.0 Å². The zero-order valence-electron chi connectivity index (χ0n) is 13.4. The predicted octanol–water partition coefficient (Wildman–Crippen LogP) is 1.05. The van der Waals surface area contributed by atoms with E-state index in [1.54, 1.807) is 13.3 Å². The van der Waals surface area contributed by atoms with E-state index in [4.69, 9.17) is 4.74 Å². The fraction of sp³-hybridized carbons (Fsp3) is 0.533. The van der Waals surface area contributed by atoms with Gasteiger partial charge in [-0.15, -0.1) is 0 Å². The number of likely N-dealkylation sites (tertiary alicyclic amines) is 1. The Morgan fingerprint density at radius 3 is 3.17 bits per heavy atom. The summed E-state index contributed by atoms with van der Waals surface area (Å²) in [6.45, 7) is 4.52. The Morgan fingerprint density at radius 2 is 2.43 bits per heavy atom. The second kappa shape index (κ2) is 7.10. The Bertz CT molecular complexity index is 668. The Morgan fingerprint density at radius 1 is 1.57 bits per heavy atom. The highest BCUT2D eigenvalue weighted by molar-refractivity contribution is 7.03. The largest absolute Gasteiger partial charge is 0.480 e. The fourth-order valence-corrected chi connectivity index (χ4v) is 3.41. The normalized spacial score (nSPS) is 17.7. The second-order valence-corrected chi connectivity index (χ2v) is 6.29. The van der Waals surface area contributed by atoms with E-state index < -0.39 is 0 Å². The van der Waals surface area contributed by atoms with Gasteiger partial charge in [0.05, 0.1) is 7.11 Å². The van der Waals surface area contributed by atoms with Crippen molar-refractivity contribution in [3.8, 4) is 5.88 Å². The number of amides is 1. The quantitative estimate of drug-likeness (QED) is 0.854. The van der Waals surface area contributed by atoms with Crippen molar-refractivity contribution in [3.63, 3.8) is 0 Å². The molecule has 23 heavy (non-hydrogen) atoms. The molecule has 1 aliphatic heterocycles. The topological polar surface area (TPSA) is 72.3 Å². The Balaban J connectivity index is 1.48. The number of rotatable bonds is 6. The molecule has 1 amide bonds. The summed E-state index contributed by atoms with van der Waals surface area (Å²) in [4.78, 5) is 18.4. The number of carbonyl (C=O) groups excluding carboxylic acids is 1. The maximum Gasteiger partial charge on any atom is 0.242 e. The Kier molecular flexibility index (Phi) is 4.92. The molecule has 7 nitrogen and oxygen atoms in total. The third-order valence-electron chi connectivity index (χ3n) is 4.15. The van der Waals surface area contributed by atoms with E-state index >= 15 is 0 Å². The van der Waals surface area contributed by atoms with Gasteiger partial charge in [0.15, 0.2) is 0 Å². The highest BCUT2D eigenvalue weighted by Crippen LogP contribution is 2.19. The zero-order valence-corrected chi connectivity index (χ0v) is 14.2. The molecule has 2 aromatic heterocycles. The van der Waals surface area contributed by atoms with Crippen LogP contribution in [0.5, 0.6) is 5.88 Å². The molecule has 0 saturated carbocycles. The van der Waals surface area contributed by atoms with Crippen molar-refractivity contribution in [3.05, 3.63) is 29.2 Å². The van der Waals surface area contributed by atoms with Gasteiger partial charge >= 0.3 is 0 Å². The van der Waals surface area contributed by atoms with Crippen molar-refractivity contribution in [2.45, 2.75) is 32.5 Å². The molecule has 0 aliphatic carbocycles. The minimum absolute atomic E-state index is 0.144. The first kappa shape index (κ1) is 15.9. The molecule has 1 N–H and O–H groups in total. The molecule has 1 aliphatic rings. The van der Waals surface area contributed by atoms with E-state index in [0.717, 1.165) is 30.9 Å². The van der Waals surface area contributed by atoms with E-state index in [1.165, 1.54) is 11.5 Å². The summed E-state index contributed by atoms with van der Waals surface area (Å²) in [7, 11) is 1.63. The van der Waals surface area contributed by atoms with Crippen LogP contribution in [0, 0.1) is 6.92 Å².